The molecule has 0 aromatic carbocycles. The predicted octanol–water partition coefficient (Wildman–Crippen LogP) is 3.00. The normalized spacial score (nSPS) is 13.2. The maximum atomic E-state index is 11.4. The van der Waals surface area contributed by atoms with E-state index in [2.05, 4.69) is 4.98 Å². The average molecular weight is 265 g/mol. The van der Waals surface area contributed by atoms with Gasteiger partial charge in [-0.05, 0) is 19.3 Å². The number of ether oxygens (including phenoxy) is 1. The molecular formula is C15H23NO3. The van der Waals surface area contributed by atoms with Gasteiger partial charge in [-0.3, -0.25) is 9.78 Å². The van der Waals surface area contributed by atoms with Crippen LogP contribution in [0.1, 0.15) is 37.6 Å². The second kappa shape index (κ2) is 5.59. The number of methoxy groups -OCH3 is 1. The van der Waals surface area contributed by atoms with Gasteiger partial charge >= 0.3 is 5.97 Å². The fourth-order valence-corrected chi connectivity index (χ4v) is 2.23. The minimum Gasteiger partial charge on any atom is -0.496 e. The molecule has 0 spiro atoms. The fourth-order valence-electron chi connectivity index (χ4n) is 2.23. The molecule has 0 bridgehead atoms. The lowest BCUT2D eigenvalue weighted by Crippen LogP contribution is -2.30. The Kier molecular flexibility index (Phi) is 4.56. The van der Waals surface area contributed by atoms with E-state index < -0.39 is 11.9 Å². The molecule has 1 heterocycles. The third kappa shape index (κ3) is 3.46. The molecule has 1 rings (SSSR count). The smallest absolute Gasteiger partial charge is 0.307 e. The third-order valence-electron chi connectivity index (χ3n) is 3.49. The first-order chi connectivity index (χ1) is 8.68. The Labute approximate surface area is 114 Å². The van der Waals surface area contributed by atoms with Gasteiger partial charge in [0.1, 0.15) is 5.75 Å². The molecule has 0 radical (unpaired) electrons. The molecule has 106 valence electrons. The van der Waals surface area contributed by atoms with Gasteiger partial charge in [-0.15, -0.1) is 0 Å². The summed E-state index contributed by atoms with van der Waals surface area (Å²) < 4.78 is 5.36. The molecule has 1 aromatic rings. The summed E-state index contributed by atoms with van der Waals surface area (Å²) in [5.74, 6) is -0.456. The lowest BCUT2D eigenvalue weighted by molar-refractivity contribution is -0.145. The summed E-state index contributed by atoms with van der Waals surface area (Å²) in [6.45, 7) is 9.67. The van der Waals surface area contributed by atoms with Crippen LogP contribution in [0.2, 0.25) is 0 Å². The van der Waals surface area contributed by atoms with E-state index in [0.29, 0.717) is 6.42 Å². The Balaban J connectivity index is 3.15. The standard InChI is InChI=1S/C15H23NO3/c1-9-8-16-12(10(2)13(9)19-6)7-11(14(17)18)15(3,4)5/h8,11H,7H2,1-6H3,(H,17,18). The van der Waals surface area contributed by atoms with Gasteiger partial charge in [-0.2, -0.15) is 0 Å². The largest absolute Gasteiger partial charge is 0.496 e. The number of carboxylic acids is 1. The summed E-state index contributed by atoms with van der Waals surface area (Å²) in [5, 5.41) is 9.38. The molecule has 0 fully saturated rings. The van der Waals surface area contributed by atoms with Crippen LogP contribution in [0.25, 0.3) is 0 Å². The lowest BCUT2D eigenvalue weighted by atomic mass is 9.77. The van der Waals surface area contributed by atoms with E-state index in [4.69, 9.17) is 4.74 Å². The van der Waals surface area contributed by atoms with Crippen LogP contribution in [-0.2, 0) is 11.2 Å². The van der Waals surface area contributed by atoms with E-state index in [-0.39, 0.29) is 5.41 Å². The van der Waals surface area contributed by atoms with Crippen molar-refractivity contribution in [3.8, 4) is 5.75 Å². The van der Waals surface area contributed by atoms with Gasteiger partial charge in [0, 0.05) is 29.4 Å². The molecule has 4 heteroatoms. The Morgan fingerprint density at radius 3 is 2.42 bits per heavy atom. The lowest BCUT2D eigenvalue weighted by Gasteiger charge is -2.27. The van der Waals surface area contributed by atoms with Crippen molar-refractivity contribution in [1.29, 1.82) is 0 Å². The van der Waals surface area contributed by atoms with Crippen molar-refractivity contribution in [3.05, 3.63) is 23.0 Å². The highest BCUT2D eigenvalue weighted by Gasteiger charge is 2.32. The molecule has 0 aliphatic carbocycles. The number of hydrogen-bond acceptors (Lipinski definition) is 3. The first-order valence-electron chi connectivity index (χ1n) is 6.40. The zero-order valence-corrected chi connectivity index (χ0v) is 12.6. The zero-order valence-electron chi connectivity index (χ0n) is 12.6. The van der Waals surface area contributed by atoms with Gasteiger partial charge in [0.05, 0.1) is 13.0 Å². The topological polar surface area (TPSA) is 59.4 Å². The molecule has 0 saturated heterocycles. The highest BCUT2D eigenvalue weighted by Crippen LogP contribution is 2.32. The average Bonchev–Trinajstić information content (AvgIpc) is 2.26. The summed E-state index contributed by atoms with van der Waals surface area (Å²) in [7, 11) is 1.62. The van der Waals surface area contributed by atoms with Crippen LogP contribution in [0.5, 0.6) is 5.75 Å². The van der Waals surface area contributed by atoms with Crippen molar-refractivity contribution >= 4 is 5.97 Å². The summed E-state index contributed by atoms with van der Waals surface area (Å²) in [6, 6.07) is 0. The number of aryl methyl sites for hydroxylation is 1. The minimum atomic E-state index is -0.784. The van der Waals surface area contributed by atoms with Crippen LogP contribution < -0.4 is 4.74 Å². The van der Waals surface area contributed by atoms with Gasteiger partial charge in [0.2, 0.25) is 0 Å². The molecule has 19 heavy (non-hydrogen) atoms. The number of nitrogens with zero attached hydrogens (tertiary/aromatic N) is 1. The van der Waals surface area contributed by atoms with E-state index in [1.54, 1.807) is 13.3 Å². The van der Waals surface area contributed by atoms with Gasteiger partial charge < -0.3 is 9.84 Å². The molecule has 4 nitrogen and oxygen atoms in total. The van der Waals surface area contributed by atoms with Crippen molar-refractivity contribution < 1.29 is 14.6 Å². The maximum absolute atomic E-state index is 11.4. The highest BCUT2D eigenvalue weighted by atomic mass is 16.5. The number of aliphatic carboxylic acids is 1. The summed E-state index contributed by atoms with van der Waals surface area (Å²) in [6.07, 6.45) is 2.16. The number of rotatable bonds is 4. The third-order valence-corrected chi connectivity index (χ3v) is 3.49. The van der Waals surface area contributed by atoms with Gasteiger partial charge in [0.25, 0.3) is 0 Å². The van der Waals surface area contributed by atoms with Gasteiger partial charge in [-0.1, -0.05) is 20.8 Å². The SMILES string of the molecule is COc1c(C)cnc(CC(C(=O)O)C(C)(C)C)c1C. The first-order valence-corrected chi connectivity index (χ1v) is 6.40. The monoisotopic (exact) mass is 265 g/mol. The summed E-state index contributed by atoms with van der Waals surface area (Å²) in [4.78, 5) is 15.8. The van der Waals surface area contributed by atoms with E-state index >= 15 is 0 Å². The molecule has 0 amide bonds. The molecule has 1 atom stereocenters. The van der Waals surface area contributed by atoms with Crippen LogP contribution in [0, 0.1) is 25.2 Å². The fraction of sp³-hybridized carbons (Fsp3) is 0.600. The van der Waals surface area contributed by atoms with Crippen LogP contribution >= 0.6 is 0 Å². The number of carboxylic acid groups (broad SMARTS) is 1. The van der Waals surface area contributed by atoms with Crippen molar-refractivity contribution in [1.82, 2.24) is 4.98 Å². The summed E-state index contributed by atoms with van der Waals surface area (Å²) >= 11 is 0. The van der Waals surface area contributed by atoms with E-state index in [1.807, 2.05) is 34.6 Å². The van der Waals surface area contributed by atoms with Crippen molar-refractivity contribution in [2.45, 2.75) is 41.0 Å². The van der Waals surface area contributed by atoms with E-state index in [1.165, 1.54) is 0 Å². The Morgan fingerprint density at radius 2 is 2.00 bits per heavy atom. The molecular weight excluding hydrogens is 242 g/mol. The van der Waals surface area contributed by atoms with Gasteiger partial charge in [0.15, 0.2) is 0 Å². The number of pyridine rings is 1. The zero-order chi connectivity index (χ0) is 14.8. The Hall–Kier alpha value is -1.58. The molecule has 0 saturated carbocycles. The highest BCUT2D eigenvalue weighted by molar-refractivity contribution is 5.71. The number of aromatic nitrogens is 1. The van der Waals surface area contributed by atoms with Crippen LogP contribution in [0.4, 0.5) is 0 Å². The van der Waals surface area contributed by atoms with Crippen LogP contribution in [0.15, 0.2) is 6.20 Å². The van der Waals surface area contributed by atoms with Crippen molar-refractivity contribution in [2.24, 2.45) is 11.3 Å². The van der Waals surface area contributed by atoms with Crippen LogP contribution in [0.3, 0.4) is 0 Å². The van der Waals surface area contributed by atoms with Crippen LogP contribution in [-0.4, -0.2) is 23.2 Å². The molecule has 1 unspecified atom stereocenters. The minimum absolute atomic E-state index is 0.307. The molecule has 1 N–H and O–H groups in total. The molecule has 0 aliphatic rings. The van der Waals surface area contributed by atoms with E-state index in [9.17, 15) is 9.90 Å². The molecule has 1 aromatic heterocycles. The quantitative estimate of drug-likeness (QED) is 0.909. The Morgan fingerprint density at radius 1 is 1.42 bits per heavy atom. The van der Waals surface area contributed by atoms with Crippen molar-refractivity contribution in [2.75, 3.05) is 7.11 Å². The van der Waals surface area contributed by atoms with E-state index in [0.717, 1.165) is 22.6 Å². The second-order valence-electron chi connectivity index (χ2n) is 6.01. The maximum Gasteiger partial charge on any atom is 0.307 e. The molecule has 0 aliphatic heterocycles. The number of hydrogen-bond donors (Lipinski definition) is 1. The van der Waals surface area contributed by atoms with Gasteiger partial charge in [-0.25, -0.2) is 0 Å². The first kappa shape index (κ1) is 15.5. The summed E-state index contributed by atoms with van der Waals surface area (Å²) in [5.41, 5.74) is 2.38. The number of carbonyl (C=O) groups is 1. The Bertz CT molecular complexity index is 475. The van der Waals surface area contributed by atoms with Crippen molar-refractivity contribution in [3.63, 3.8) is 0 Å². The predicted molar refractivity (Wildman–Crippen MR) is 74.5 cm³/mol. The second-order valence-corrected chi connectivity index (χ2v) is 6.01.